The van der Waals surface area contributed by atoms with Crippen LogP contribution >= 0.6 is 23.2 Å². The van der Waals surface area contributed by atoms with Crippen LogP contribution in [0.25, 0.3) is 0 Å². The summed E-state index contributed by atoms with van der Waals surface area (Å²) in [5, 5.41) is 5.72. The van der Waals surface area contributed by atoms with E-state index >= 15 is 0 Å². The monoisotopic (exact) mass is 384 g/mol. The average molecular weight is 385 g/mol. The Bertz CT molecular complexity index is 862. The highest BCUT2D eigenvalue weighted by Crippen LogP contribution is 2.18. The molecular weight excluding hydrogens is 367 g/mol. The summed E-state index contributed by atoms with van der Waals surface area (Å²) >= 11 is 11.8. The summed E-state index contributed by atoms with van der Waals surface area (Å²) in [6.07, 6.45) is 1.76. The van der Waals surface area contributed by atoms with Gasteiger partial charge in [-0.25, -0.2) is 0 Å². The summed E-state index contributed by atoms with van der Waals surface area (Å²) in [6, 6.07) is 23.1. The van der Waals surface area contributed by atoms with Crippen molar-refractivity contribution >= 4 is 29.4 Å². The van der Waals surface area contributed by atoms with Crippen LogP contribution in [-0.4, -0.2) is 6.21 Å². The molecule has 5 heteroatoms. The van der Waals surface area contributed by atoms with E-state index in [0.717, 1.165) is 27.5 Å². The van der Waals surface area contributed by atoms with Gasteiger partial charge in [-0.15, -0.1) is 0 Å². The van der Waals surface area contributed by atoms with Gasteiger partial charge in [-0.2, -0.15) is 5.10 Å². The highest BCUT2D eigenvalue weighted by molar-refractivity contribution is 6.30. The van der Waals surface area contributed by atoms with Crippen molar-refractivity contribution in [2.75, 3.05) is 0 Å². The molecule has 0 radical (unpaired) electrons. The molecule has 3 aromatic rings. The number of rotatable bonds is 7. The quantitative estimate of drug-likeness (QED) is 0.418. The molecule has 0 aliphatic rings. The zero-order valence-electron chi connectivity index (χ0n) is 14.0. The van der Waals surface area contributed by atoms with Gasteiger partial charge >= 0.3 is 0 Å². The van der Waals surface area contributed by atoms with E-state index in [1.807, 2.05) is 72.8 Å². The Morgan fingerprint density at radius 1 is 0.808 bits per heavy atom. The van der Waals surface area contributed by atoms with Gasteiger partial charge in [0, 0.05) is 15.6 Å². The van der Waals surface area contributed by atoms with Crippen molar-refractivity contribution in [1.82, 2.24) is 5.43 Å². The highest BCUT2D eigenvalue weighted by atomic mass is 35.5. The first-order valence-electron chi connectivity index (χ1n) is 8.17. The van der Waals surface area contributed by atoms with Gasteiger partial charge < -0.3 is 10.2 Å². The second kappa shape index (κ2) is 9.27. The third-order valence-electron chi connectivity index (χ3n) is 3.72. The molecule has 0 aromatic heterocycles. The minimum atomic E-state index is 0.472. The lowest BCUT2D eigenvalue weighted by molar-refractivity contribution is 0.306. The fourth-order valence-corrected chi connectivity index (χ4v) is 2.57. The molecule has 0 heterocycles. The van der Waals surface area contributed by atoms with Crippen LogP contribution in [0.2, 0.25) is 10.0 Å². The topological polar surface area (TPSA) is 33.6 Å². The normalized spacial score (nSPS) is 10.8. The smallest absolute Gasteiger partial charge is 0.128 e. The number of hydrazone groups is 1. The van der Waals surface area contributed by atoms with Crippen LogP contribution in [0.3, 0.4) is 0 Å². The fraction of sp³-hybridized carbons (Fsp3) is 0.0952. The number of halogens is 2. The Balaban J connectivity index is 1.57. The van der Waals surface area contributed by atoms with E-state index in [1.165, 1.54) is 0 Å². The van der Waals surface area contributed by atoms with E-state index in [2.05, 4.69) is 10.5 Å². The highest BCUT2D eigenvalue weighted by Gasteiger charge is 2.01. The standard InChI is InChI=1S/C21H18Cl2N2O/c22-19-9-5-16(6-10-19)13-24-25-14-18-3-1-2-4-21(18)26-15-17-7-11-20(23)12-8-17/h1-12,14,24H,13,15H2/b25-14-. The van der Waals surface area contributed by atoms with Crippen molar-refractivity contribution in [3.63, 3.8) is 0 Å². The number of hydrogen-bond acceptors (Lipinski definition) is 3. The lowest BCUT2D eigenvalue weighted by Crippen LogP contribution is -2.06. The van der Waals surface area contributed by atoms with Crippen LogP contribution in [0.15, 0.2) is 77.9 Å². The zero-order valence-corrected chi connectivity index (χ0v) is 15.5. The summed E-state index contributed by atoms with van der Waals surface area (Å²) in [6.45, 7) is 1.10. The van der Waals surface area contributed by atoms with E-state index in [1.54, 1.807) is 6.21 Å². The molecule has 0 bridgehead atoms. The van der Waals surface area contributed by atoms with Gasteiger partial charge in [-0.3, -0.25) is 0 Å². The van der Waals surface area contributed by atoms with Crippen LogP contribution in [0, 0.1) is 0 Å². The van der Waals surface area contributed by atoms with E-state index in [4.69, 9.17) is 27.9 Å². The molecule has 0 fully saturated rings. The molecule has 0 saturated carbocycles. The minimum absolute atomic E-state index is 0.472. The summed E-state index contributed by atoms with van der Waals surface area (Å²) in [4.78, 5) is 0. The van der Waals surface area contributed by atoms with Crippen molar-refractivity contribution in [3.8, 4) is 5.75 Å². The molecule has 3 rings (SSSR count). The van der Waals surface area contributed by atoms with Crippen LogP contribution in [0.5, 0.6) is 5.75 Å². The van der Waals surface area contributed by atoms with Gasteiger partial charge in [0.05, 0.1) is 12.8 Å². The average Bonchev–Trinajstić information content (AvgIpc) is 2.67. The molecule has 0 unspecified atom stereocenters. The van der Waals surface area contributed by atoms with Crippen molar-refractivity contribution in [2.24, 2.45) is 5.10 Å². The van der Waals surface area contributed by atoms with Gasteiger partial charge in [0.25, 0.3) is 0 Å². The van der Waals surface area contributed by atoms with Gasteiger partial charge in [-0.05, 0) is 47.5 Å². The summed E-state index contributed by atoms with van der Waals surface area (Å²) in [7, 11) is 0. The van der Waals surface area contributed by atoms with Crippen molar-refractivity contribution < 1.29 is 4.74 Å². The summed E-state index contributed by atoms with van der Waals surface area (Å²) in [5.74, 6) is 0.777. The maximum atomic E-state index is 5.91. The lowest BCUT2D eigenvalue weighted by atomic mass is 10.2. The van der Waals surface area contributed by atoms with Crippen LogP contribution in [0.4, 0.5) is 0 Å². The van der Waals surface area contributed by atoms with E-state index < -0.39 is 0 Å². The third kappa shape index (κ3) is 5.51. The van der Waals surface area contributed by atoms with Crippen molar-refractivity contribution in [2.45, 2.75) is 13.2 Å². The number of ether oxygens (including phenoxy) is 1. The Hall–Kier alpha value is -2.49. The largest absolute Gasteiger partial charge is 0.488 e. The Kier molecular flexibility index (Phi) is 6.53. The molecule has 0 atom stereocenters. The Morgan fingerprint density at radius 2 is 1.42 bits per heavy atom. The Morgan fingerprint density at radius 3 is 2.12 bits per heavy atom. The molecule has 3 aromatic carbocycles. The molecule has 0 saturated heterocycles. The SMILES string of the molecule is Clc1ccc(CN/N=C\c2ccccc2OCc2ccc(Cl)cc2)cc1. The van der Waals surface area contributed by atoms with E-state index in [0.29, 0.717) is 18.2 Å². The Labute approximate surface area is 163 Å². The number of nitrogens with one attached hydrogen (secondary N) is 1. The predicted octanol–water partition coefficient (Wildman–Crippen LogP) is 5.70. The molecule has 0 spiro atoms. The second-order valence-corrected chi connectivity index (χ2v) is 6.55. The first-order valence-corrected chi connectivity index (χ1v) is 8.93. The first-order chi connectivity index (χ1) is 12.7. The van der Waals surface area contributed by atoms with Crippen molar-refractivity contribution in [3.05, 3.63) is 99.5 Å². The summed E-state index contributed by atoms with van der Waals surface area (Å²) in [5.41, 5.74) is 6.11. The predicted molar refractivity (Wildman–Crippen MR) is 108 cm³/mol. The van der Waals surface area contributed by atoms with Crippen molar-refractivity contribution in [1.29, 1.82) is 0 Å². The van der Waals surface area contributed by atoms with Gasteiger partial charge in [0.15, 0.2) is 0 Å². The van der Waals surface area contributed by atoms with Crippen LogP contribution in [0.1, 0.15) is 16.7 Å². The minimum Gasteiger partial charge on any atom is -0.488 e. The third-order valence-corrected chi connectivity index (χ3v) is 4.22. The number of nitrogens with zero attached hydrogens (tertiary/aromatic N) is 1. The maximum absolute atomic E-state index is 5.91. The van der Waals surface area contributed by atoms with E-state index in [-0.39, 0.29) is 0 Å². The molecule has 0 aliphatic heterocycles. The van der Waals surface area contributed by atoms with Crippen LogP contribution < -0.4 is 10.2 Å². The number of benzene rings is 3. The van der Waals surface area contributed by atoms with Crippen LogP contribution in [-0.2, 0) is 13.2 Å². The number of para-hydroxylation sites is 1. The molecule has 1 N–H and O–H groups in total. The molecule has 0 amide bonds. The fourth-order valence-electron chi connectivity index (χ4n) is 2.31. The zero-order chi connectivity index (χ0) is 18.2. The van der Waals surface area contributed by atoms with Gasteiger partial charge in [-0.1, -0.05) is 59.6 Å². The molecule has 3 nitrogen and oxygen atoms in total. The molecule has 26 heavy (non-hydrogen) atoms. The lowest BCUT2D eigenvalue weighted by Gasteiger charge is -2.09. The number of hydrogen-bond donors (Lipinski definition) is 1. The summed E-state index contributed by atoms with van der Waals surface area (Å²) < 4.78 is 5.91. The molecule has 132 valence electrons. The molecule has 0 aliphatic carbocycles. The first kappa shape index (κ1) is 18.3. The van der Waals surface area contributed by atoms with E-state index in [9.17, 15) is 0 Å². The van der Waals surface area contributed by atoms with Gasteiger partial charge in [0.1, 0.15) is 12.4 Å². The maximum Gasteiger partial charge on any atom is 0.128 e. The molecular formula is C21H18Cl2N2O. The second-order valence-electron chi connectivity index (χ2n) is 5.67. The van der Waals surface area contributed by atoms with Gasteiger partial charge in [0.2, 0.25) is 0 Å².